The highest BCUT2D eigenvalue weighted by atomic mass is 16.4. The number of nitrogens with one attached hydrogen (secondary N) is 2. The van der Waals surface area contributed by atoms with Gasteiger partial charge in [-0.25, -0.2) is 0 Å². The molecule has 1 aromatic rings. The molecule has 0 spiro atoms. The molecule has 7 nitrogen and oxygen atoms in total. The van der Waals surface area contributed by atoms with E-state index in [0.29, 0.717) is 25.0 Å². The summed E-state index contributed by atoms with van der Waals surface area (Å²) in [6.45, 7) is 7.05. The summed E-state index contributed by atoms with van der Waals surface area (Å²) in [6.07, 6.45) is 0.234. The van der Waals surface area contributed by atoms with Crippen molar-refractivity contribution in [2.75, 3.05) is 11.9 Å². The normalized spacial score (nSPS) is 11.5. The van der Waals surface area contributed by atoms with E-state index in [2.05, 4.69) is 41.6 Å². The van der Waals surface area contributed by atoms with Crippen molar-refractivity contribution in [1.29, 1.82) is 0 Å². The van der Waals surface area contributed by atoms with Crippen molar-refractivity contribution in [2.45, 2.75) is 39.3 Å². The van der Waals surface area contributed by atoms with Gasteiger partial charge in [-0.3, -0.25) is 4.79 Å². The maximum absolute atomic E-state index is 10.5. The van der Waals surface area contributed by atoms with Crippen LogP contribution in [0, 0.1) is 0 Å². The van der Waals surface area contributed by atoms with Crippen molar-refractivity contribution >= 4 is 11.9 Å². The van der Waals surface area contributed by atoms with E-state index in [-0.39, 0.29) is 17.9 Å². The first kappa shape index (κ1) is 13.4. The van der Waals surface area contributed by atoms with Crippen molar-refractivity contribution in [3.8, 4) is 0 Å². The zero-order valence-corrected chi connectivity index (χ0v) is 10.4. The number of nitrogens with zero attached hydrogens (tertiary/aromatic N) is 2. The van der Waals surface area contributed by atoms with E-state index in [1.807, 2.05) is 0 Å². The highest BCUT2D eigenvalue weighted by Gasteiger charge is 2.11. The van der Waals surface area contributed by atoms with Gasteiger partial charge >= 0.3 is 6.01 Å². The topological polar surface area (TPSA) is 106 Å². The maximum atomic E-state index is 10.5. The standard InChI is InChI=1S/C10H19N5O2/c1-10(2,3)13-6-8-14-15-9(17-8)12-5-4-7(11)16/h13H,4-6H2,1-3H3,(H2,11,16)(H,12,15). The molecule has 0 aliphatic heterocycles. The summed E-state index contributed by atoms with van der Waals surface area (Å²) in [5.41, 5.74) is 5.00. The minimum Gasteiger partial charge on any atom is -0.407 e. The molecule has 0 atom stereocenters. The molecule has 0 fully saturated rings. The van der Waals surface area contributed by atoms with Crippen molar-refractivity contribution in [1.82, 2.24) is 15.5 Å². The van der Waals surface area contributed by atoms with Crippen LogP contribution in [0.2, 0.25) is 0 Å². The van der Waals surface area contributed by atoms with Crippen LogP contribution in [0.4, 0.5) is 6.01 Å². The maximum Gasteiger partial charge on any atom is 0.315 e. The number of hydrogen-bond donors (Lipinski definition) is 3. The Labute approximate surface area is 100 Å². The van der Waals surface area contributed by atoms with Gasteiger partial charge in [0.1, 0.15) is 0 Å². The van der Waals surface area contributed by atoms with Gasteiger partial charge in [0.25, 0.3) is 0 Å². The van der Waals surface area contributed by atoms with Crippen LogP contribution in [-0.2, 0) is 11.3 Å². The van der Waals surface area contributed by atoms with Gasteiger partial charge in [0.05, 0.1) is 6.54 Å². The first-order chi connectivity index (χ1) is 7.87. The number of hydrogen-bond acceptors (Lipinski definition) is 6. The Kier molecular flexibility index (Phi) is 4.45. The van der Waals surface area contributed by atoms with Crippen LogP contribution in [-0.4, -0.2) is 28.2 Å². The fourth-order valence-corrected chi connectivity index (χ4v) is 1.03. The van der Waals surface area contributed by atoms with E-state index in [1.54, 1.807) is 0 Å². The second-order valence-corrected chi connectivity index (χ2v) is 4.75. The first-order valence-electron chi connectivity index (χ1n) is 5.46. The number of amides is 1. The predicted molar refractivity (Wildman–Crippen MR) is 63.2 cm³/mol. The summed E-state index contributed by atoms with van der Waals surface area (Å²) in [7, 11) is 0. The highest BCUT2D eigenvalue weighted by molar-refractivity contribution is 5.74. The lowest BCUT2D eigenvalue weighted by molar-refractivity contribution is -0.117. The van der Waals surface area contributed by atoms with Gasteiger partial charge in [0.2, 0.25) is 11.8 Å². The van der Waals surface area contributed by atoms with Crippen LogP contribution in [0.1, 0.15) is 33.1 Å². The number of carbonyl (C=O) groups excluding carboxylic acids is 1. The molecule has 0 aromatic carbocycles. The zero-order chi connectivity index (χ0) is 12.9. The summed E-state index contributed by atoms with van der Waals surface area (Å²) in [4.78, 5) is 10.5. The molecule has 0 aliphatic rings. The van der Waals surface area contributed by atoms with Gasteiger partial charge in [-0.1, -0.05) is 5.10 Å². The molecule has 17 heavy (non-hydrogen) atoms. The van der Waals surface area contributed by atoms with Crippen LogP contribution in [0.5, 0.6) is 0 Å². The van der Waals surface area contributed by atoms with E-state index in [4.69, 9.17) is 10.2 Å². The molecular weight excluding hydrogens is 222 g/mol. The molecule has 0 saturated heterocycles. The summed E-state index contributed by atoms with van der Waals surface area (Å²) in [5, 5.41) is 13.7. The minimum atomic E-state index is -0.369. The lowest BCUT2D eigenvalue weighted by atomic mass is 10.1. The van der Waals surface area contributed by atoms with E-state index in [9.17, 15) is 4.79 Å². The molecule has 4 N–H and O–H groups in total. The molecule has 1 heterocycles. The number of anilines is 1. The molecule has 0 bridgehead atoms. The van der Waals surface area contributed by atoms with E-state index in [0.717, 1.165) is 0 Å². The molecular formula is C10H19N5O2. The van der Waals surface area contributed by atoms with Crippen LogP contribution < -0.4 is 16.4 Å². The number of primary amides is 1. The number of nitrogens with two attached hydrogens (primary N) is 1. The van der Waals surface area contributed by atoms with E-state index < -0.39 is 0 Å². The summed E-state index contributed by atoms with van der Waals surface area (Å²) in [6, 6.07) is 0.303. The molecule has 96 valence electrons. The van der Waals surface area contributed by atoms with Gasteiger partial charge in [0.15, 0.2) is 0 Å². The SMILES string of the molecule is CC(C)(C)NCc1nnc(NCCC(N)=O)o1. The zero-order valence-electron chi connectivity index (χ0n) is 10.4. The van der Waals surface area contributed by atoms with Gasteiger partial charge in [0, 0.05) is 18.5 Å². The molecule has 1 rings (SSSR count). The van der Waals surface area contributed by atoms with E-state index >= 15 is 0 Å². The number of aromatic nitrogens is 2. The van der Waals surface area contributed by atoms with Gasteiger partial charge in [-0.15, -0.1) is 5.10 Å². The predicted octanol–water partition coefficient (Wildman–Crippen LogP) is 0.245. The van der Waals surface area contributed by atoms with Crippen LogP contribution in [0.25, 0.3) is 0 Å². The Bertz CT molecular complexity index is 369. The highest BCUT2D eigenvalue weighted by Crippen LogP contribution is 2.07. The third-order valence-corrected chi connectivity index (χ3v) is 1.88. The van der Waals surface area contributed by atoms with Crippen molar-refractivity contribution < 1.29 is 9.21 Å². The Balaban J connectivity index is 2.35. The summed E-state index contributed by atoms with van der Waals surface area (Å²) >= 11 is 0. The number of rotatable bonds is 6. The largest absolute Gasteiger partial charge is 0.407 e. The van der Waals surface area contributed by atoms with E-state index in [1.165, 1.54) is 0 Å². The molecule has 0 saturated carbocycles. The lowest BCUT2D eigenvalue weighted by Crippen LogP contribution is -2.35. The van der Waals surface area contributed by atoms with Crippen molar-refractivity contribution in [3.05, 3.63) is 5.89 Å². The molecule has 0 radical (unpaired) electrons. The summed E-state index contributed by atoms with van der Waals surface area (Å²) in [5.74, 6) is 0.133. The average molecular weight is 241 g/mol. The number of carbonyl (C=O) groups is 1. The second-order valence-electron chi connectivity index (χ2n) is 4.75. The Morgan fingerprint density at radius 1 is 1.41 bits per heavy atom. The quantitative estimate of drug-likeness (QED) is 0.659. The van der Waals surface area contributed by atoms with Crippen molar-refractivity contribution in [3.63, 3.8) is 0 Å². The smallest absolute Gasteiger partial charge is 0.315 e. The van der Waals surface area contributed by atoms with Crippen LogP contribution in [0.3, 0.4) is 0 Å². The Morgan fingerprint density at radius 3 is 2.71 bits per heavy atom. The van der Waals surface area contributed by atoms with Gasteiger partial charge in [-0.05, 0) is 20.8 Å². The monoisotopic (exact) mass is 241 g/mol. The molecule has 1 amide bonds. The Hall–Kier alpha value is -1.63. The summed E-state index contributed by atoms with van der Waals surface area (Å²) < 4.78 is 5.31. The van der Waals surface area contributed by atoms with Gasteiger partial charge in [-0.2, -0.15) is 0 Å². The Morgan fingerprint density at radius 2 is 2.12 bits per heavy atom. The lowest BCUT2D eigenvalue weighted by Gasteiger charge is -2.18. The minimum absolute atomic E-state index is 0.00592. The third-order valence-electron chi connectivity index (χ3n) is 1.88. The van der Waals surface area contributed by atoms with Crippen molar-refractivity contribution in [2.24, 2.45) is 5.73 Å². The fraction of sp³-hybridized carbons (Fsp3) is 0.700. The molecule has 1 aromatic heterocycles. The second kappa shape index (κ2) is 5.62. The van der Waals surface area contributed by atoms with Crippen LogP contribution >= 0.6 is 0 Å². The van der Waals surface area contributed by atoms with Crippen LogP contribution in [0.15, 0.2) is 4.42 Å². The molecule has 0 unspecified atom stereocenters. The van der Waals surface area contributed by atoms with Gasteiger partial charge < -0.3 is 20.8 Å². The first-order valence-corrected chi connectivity index (χ1v) is 5.46. The molecule has 7 heteroatoms. The average Bonchev–Trinajstić information content (AvgIpc) is 2.61. The molecule has 0 aliphatic carbocycles. The third kappa shape index (κ3) is 5.86. The fourth-order valence-electron chi connectivity index (χ4n) is 1.03.